The molecule has 1 aromatic heterocycles. The van der Waals surface area contributed by atoms with Crippen LogP contribution in [0.25, 0.3) is 0 Å². The summed E-state index contributed by atoms with van der Waals surface area (Å²) >= 11 is 0. The van der Waals surface area contributed by atoms with Gasteiger partial charge >= 0.3 is 0 Å². The summed E-state index contributed by atoms with van der Waals surface area (Å²) in [5.74, 6) is 2.00. The van der Waals surface area contributed by atoms with Gasteiger partial charge in [-0.15, -0.1) is 0 Å². The minimum atomic E-state index is 1.00. The molecular weight excluding hydrogens is 162 g/mol. The highest BCUT2D eigenvalue weighted by Gasteiger charge is 2.13. The summed E-state index contributed by atoms with van der Waals surface area (Å²) in [7, 11) is 0. The van der Waals surface area contributed by atoms with Crippen LogP contribution in [0, 0.1) is 13.8 Å². The second kappa shape index (κ2) is 3.36. The molecule has 1 aliphatic rings. The standard InChI is InChI=1S/C11H16NO/c1-9-7-11(8-10(2)13-9)12-5-3-4-6-12/h7-8H,3-6H2,1-2H3/q+1. The summed E-state index contributed by atoms with van der Waals surface area (Å²) in [4.78, 5) is 0. The Morgan fingerprint density at radius 2 is 1.62 bits per heavy atom. The van der Waals surface area contributed by atoms with Crippen molar-refractivity contribution < 1.29 is 4.42 Å². The zero-order chi connectivity index (χ0) is 9.26. The first-order chi connectivity index (χ1) is 6.25. The van der Waals surface area contributed by atoms with E-state index >= 15 is 0 Å². The molecule has 0 aliphatic carbocycles. The molecule has 13 heavy (non-hydrogen) atoms. The van der Waals surface area contributed by atoms with Crippen LogP contribution in [-0.4, -0.2) is 13.1 Å². The predicted molar refractivity (Wildman–Crippen MR) is 52.4 cm³/mol. The van der Waals surface area contributed by atoms with Crippen LogP contribution in [0.15, 0.2) is 16.5 Å². The Morgan fingerprint density at radius 3 is 2.15 bits per heavy atom. The number of aryl methyl sites for hydroxylation is 2. The molecule has 0 spiro atoms. The van der Waals surface area contributed by atoms with Gasteiger partial charge in [0.2, 0.25) is 5.36 Å². The molecule has 1 fully saturated rings. The highest BCUT2D eigenvalue weighted by Crippen LogP contribution is 2.00. The maximum Gasteiger partial charge on any atom is 0.206 e. The highest BCUT2D eigenvalue weighted by atomic mass is 16.3. The lowest BCUT2D eigenvalue weighted by atomic mass is 10.3. The third kappa shape index (κ3) is 1.82. The Morgan fingerprint density at radius 1 is 1.08 bits per heavy atom. The van der Waals surface area contributed by atoms with Gasteiger partial charge in [0.1, 0.15) is 24.6 Å². The summed E-state index contributed by atoms with van der Waals surface area (Å²) < 4.78 is 7.88. The van der Waals surface area contributed by atoms with E-state index in [1.165, 1.54) is 31.3 Å². The molecule has 0 saturated carbocycles. The van der Waals surface area contributed by atoms with Crippen molar-refractivity contribution in [3.63, 3.8) is 0 Å². The van der Waals surface area contributed by atoms with E-state index in [0.29, 0.717) is 0 Å². The Balaban J connectivity index is 2.55. The highest BCUT2D eigenvalue weighted by molar-refractivity contribution is 5.04. The molecule has 0 bridgehead atoms. The normalized spacial score (nSPS) is 16.6. The molecule has 0 unspecified atom stereocenters. The average molecular weight is 178 g/mol. The van der Waals surface area contributed by atoms with Gasteiger partial charge in [0.15, 0.2) is 0 Å². The van der Waals surface area contributed by atoms with Crippen molar-refractivity contribution in [3.8, 4) is 0 Å². The molecule has 0 N–H and O–H groups in total. The van der Waals surface area contributed by atoms with E-state index in [0.717, 1.165) is 11.5 Å². The van der Waals surface area contributed by atoms with Crippen LogP contribution in [0.5, 0.6) is 0 Å². The van der Waals surface area contributed by atoms with Crippen molar-refractivity contribution >= 4 is 0 Å². The molecule has 0 amide bonds. The van der Waals surface area contributed by atoms with Crippen molar-refractivity contribution in [2.24, 2.45) is 0 Å². The summed E-state index contributed by atoms with van der Waals surface area (Å²) in [6, 6.07) is 4.25. The first-order valence-electron chi connectivity index (χ1n) is 4.92. The first kappa shape index (κ1) is 8.54. The summed E-state index contributed by atoms with van der Waals surface area (Å²) in [5.41, 5.74) is 0. The van der Waals surface area contributed by atoms with Gasteiger partial charge in [0, 0.05) is 25.0 Å². The van der Waals surface area contributed by atoms with Gasteiger partial charge in [-0.1, -0.05) is 0 Å². The smallest absolute Gasteiger partial charge is 0.206 e. The largest absolute Gasteiger partial charge is 0.466 e. The van der Waals surface area contributed by atoms with E-state index in [2.05, 4.69) is 16.7 Å². The van der Waals surface area contributed by atoms with Crippen molar-refractivity contribution in [3.05, 3.63) is 29.0 Å². The average Bonchev–Trinajstić information content (AvgIpc) is 2.53. The van der Waals surface area contributed by atoms with Crippen LogP contribution in [0.4, 0.5) is 0 Å². The molecule has 70 valence electrons. The van der Waals surface area contributed by atoms with E-state index in [1.54, 1.807) is 0 Å². The van der Waals surface area contributed by atoms with E-state index in [4.69, 9.17) is 4.42 Å². The van der Waals surface area contributed by atoms with E-state index in [9.17, 15) is 0 Å². The van der Waals surface area contributed by atoms with Gasteiger partial charge < -0.3 is 4.42 Å². The molecule has 0 radical (unpaired) electrons. The van der Waals surface area contributed by atoms with Crippen LogP contribution < -0.4 is 9.93 Å². The molecule has 1 saturated heterocycles. The molecule has 0 aromatic carbocycles. The van der Waals surface area contributed by atoms with Crippen molar-refractivity contribution in [1.29, 1.82) is 0 Å². The maximum absolute atomic E-state index is 5.45. The Labute approximate surface area is 78.5 Å². The Bertz CT molecular complexity index is 345. The van der Waals surface area contributed by atoms with E-state index in [1.807, 2.05) is 13.8 Å². The fourth-order valence-electron chi connectivity index (χ4n) is 1.93. The maximum atomic E-state index is 5.45. The van der Waals surface area contributed by atoms with Crippen molar-refractivity contribution in [2.75, 3.05) is 13.1 Å². The second-order valence-corrected chi connectivity index (χ2v) is 3.73. The van der Waals surface area contributed by atoms with Gasteiger partial charge in [0.25, 0.3) is 0 Å². The third-order valence-corrected chi connectivity index (χ3v) is 2.50. The van der Waals surface area contributed by atoms with Crippen molar-refractivity contribution in [2.45, 2.75) is 26.7 Å². The molecule has 2 heterocycles. The molecule has 2 heteroatoms. The SMILES string of the molecule is Cc1cc(=[N+]2CCCC2)cc(C)o1. The molecule has 1 aliphatic heterocycles. The monoisotopic (exact) mass is 178 g/mol. The second-order valence-electron chi connectivity index (χ2n) is 3.73. The Hall–Kier alpha value is -1.05. The lowest BCUT2D eigenvalue weighted by Crippen LogP contribution is -2.26. The lowest BCUT2D eigenvalue weighted by Gasteiger charge is -1.96. The van der Waals surface area contributed by atoms with Gasteiger partial charge in [0.05, 0.1) is 0 Å². The fraction of sp³-hybridized carbons (Fsp3) is 0.545. The topological polar surface area (TPSA) is 16.1 Å². The fourth-order valence-corrected chi connectivity index (χ4v) is 1.93. The van der Waals surface area contributed by atoms with Gasteiger partial charge in [-0.05, 0) is 13.8 Å². The number of hydrogen-bond donors (Lipinski definition) is 0. The zero-order valence-electron chi connectivity index (χ0n) is 8.34. The minimum absolute atomic E-state index is 1.00. The zero-order valence-corrected chi connectivity index (χ0v) is 8.34. The summed E-state index contributed by atoms with van der Waals surface area (Å²) in [5, 5.41) is 1.32. The van der Waals surface area contributed by atoms with E-state index < -0.39 is 0 Å². The van der Waals surface area contributed by atoms with Crippen LogP contribution in [0.3, 0.4) is 0 Å². The molecule has 0 atom stereocenters. The van der Waals surface area contributed by atoms with E-state index in [-0.39, 0.29) is 0 Å². The van der Waals surface area contributed by atoms with Crippen LogP contribution in [0.1, 0.15) is 24.4 Å². The van der Waals surface area contributed by atoms with Gasteiger partial charge in [-0.2, -0.15) is 0 Å². The van der Waals surface area contributed by atoms with Crippen LogP contribution in [0.2, 0.25) is 0 Å². The van der Waals surface area contributed by atoms with Gasteiger partial charge in [-0.25, -0.2) is 4.58 Å². The predicted octanol–water partition coefficient (Wildman–Crippen LogP) is 1.46. The van der Waals surface area contributed by atoms with Gasteiger partial charge in [-0.3, -0.25) is 0 Å². The molecule has 1 aromatic rings. The number of nitrogens with zero attached hydrogens (tertiary/aromatic N) is 1. The first-order valence-corrected chi connectivity index (χ1v) is 4.92. The van der Waals surface area contributed by atoms with Crippen molar-refractivity contribution in [1.82, 2.24) is 4.58 Å². The number of rotatable bonds is 0. The molecule has 2 rings (SSSR count). The summed E-state index contributed by atoms with van der Waals surface area (Å²) in [6.45, 7) is 6.41. The lowest BCUT2D eigenvalue weighted by molar-refractivity contribution is 0.480. The van der Waals surface area contributed by atoms with Crippen LogP contribution >= 0.6 is 0 Å². The number of hydrogen-bond acceptors (Lipinski definition) is 1. The Kier molecular flexibility index (Phi) is 2.21. The quantitative estimate of drug-likeness (QED) is 0.549. The summed E-state index contributed by atoms with van der Waals surface area (Å²) in [6.07, 6.45) is 2.65. The molecular formula is C11H16NO+. The third-order valence-electron chi connectivity index (χ3n) is 2.50. The van der Waals surface area contributed by atoms with Crippen LogP contribution in [-0.2, 0) is 0 Å². The molecule has 2 nitrogen and oxygen atoms in total. The minimum Gasteiger partial charge on any atom is -0.466 e.